The first kappa shape index (κ1) is 23.5. The molecule has 1 heterocycles. The van der Waals surface area contributed by atoms with Crippen LogP contribution in [-0.4, -0.2) is 17.6 Å². The van der Waals surface area contributed by atoms with Crippen molar-refractivity contribution in [2.75, 3.05) is 6.61 Å². The third-order valence-corrected chi connectivity index (χ3v) is 6.40. The number of nitrogens with zero attached hydrogens (tertiary/aromatic N) is 1. The van der Waals surface area contributed by atoms with E-state index in [9.17, 15) is 9.18 Å². The van der Waals surface area contributed by atoms with Crippen LogP contribution in [0.25, 0.3) is 11.1 Å². The number of halogens is 3. The number of carbonyl (C=O) groups excluding carboxylic acids is 1. The topological polar surface area (TPSA) is 48.4 Å². The molecule has 3 aromatic rings. The Morgan fingerprint density at radius 3 is 2.73 bits per heavy atom. The number of pyridine rings is 1. The molecule has 0 bridgehead atoms. The zero-order valence-corrected chi connectivity index (χ0v) is 20.4. The monoisotopic (exact) mass is 529 g/mol. The maximum atomic E-state index is 13.4. The van der Waals surface area contributed by atoms with E-state index in [4.69, 9.17) is 21.1 Å². The number of hydrogen-bond donors (Lipinski definition) is 0. The van der Waals surface area contributed by atoms with Gasteiger partial charge < -0.3 is 9.47 Å². The molecule has 0 atom stereocenters. The Labute approximate surface area is 205 Å². The molecule has 0 radical (unpaired) electrons. The predicted octanol–water partition coefficient (Wildman–Crippen LogP) is 7.49. The minimum absolute atomic E-state index is 0.273. The number of ether oxygens (including phenoxy) is 2. The summed E-state index contributed by atoms with van der Waals surface area (Å²) < 4.78 is 25.3. The summed E-state index contributed by atoms with van der Waals surface area (Å²) >= 11 is 9.74. The van der Waals surface area contributed by atoms with E-state index in [0.29, 0.717) is 21.9 Å². The van der Waals surface area contributed by atoms with Gasteiger partial charge in [0.05, 0.1) is 12.3 Å². The molecule has 2 aromatic carbocycles. The van der Waals surface area contributed by atoms with Gasteiger partial charge in [0, 0.05) is 20.6 Å². The van der Waals surface area contributed by atoms with E-state index in [0.717, 1.165) is 47.2 Å². The fourth-order valence-electron chi connectivity index (χ4n) is 3.90. The van der Waals surface area contributed by atoms with E-state index in [2.05, 4.69) is 20.9 Å². The number of allylic oxidation sites excluding steroid dienone is 2. The largest absolute Gasteiger partial charge is 0.488 e. The van der Waals surface area contributed by atoms with E-state index in [1.54, 1.807) is 25.1 Å². The highest BCUT2D eigenvalue weighted by molar-refractivity contribution is 9.10. The maximum absolute atomic E-state index is 13.4. The zero-order valence-electron chi connectivity index (χ0n) is 18.0. The summed E-state index contributed by atoms with van der Waals surface area (Å²) in [4.78, 5) is 16.7. The van der Waals surface area contributed by atoms with Crippen molar-refractivity contribution in [3.63, 3.8) is 0 Å². The van der Waals surface area contributed by atoms with E-state index in [1.165, 1.54) is 12.1 Å². The second kappa shape index (κ2) is 10.5. The first-order valence-electron chi connectivity index (χ1n) is 10.7. The smallest absolute Gasteiger partial charge is 0.356 e. The van der Waals surface area contributed by atoms with Gasteiger partial charge in [0.1, 0.15) is 23.9 Å². The lowest BCUT2D eigenvalue weighted by Crippen LogP contribution is -2.08. The van der Waals surface area contributed by atoms with Gasteiger partial charge in [-0.15, -0.1) is 0 Å². The number of carbonyl (C=O) groups is 1. The highest BCUT2D eigenvalue weighted by atomic mass is 79.9. The van der Waals surface area contributed by atoms with Crippen molar-refractivity contribution in [2.45, 2.75) is 32.8 Å². The molecule has 4 rings (SSSR count). The van der Waals surface area contributed by atoms with Gasteiger partial charge in [-0.3, -0.25) is 0 Å². The minimum atomic E-state index is -0.434. The molecule has 7 heteroatoms. The fourth-order valence-corrected chi connectivity index (χ4v) is 4.54. The molecule has 0 N–H and O–H groups in total. The van der Waals surface area contributed by atoms with Crippen molar-refractivity contribution in [1.29, 1.82) is 0 Å². The van der Waals surface area contributed by atoms with Gasteiger partial charge in [-0.2, -0.15) is 0 Å². The van der Waals surface area contributed by atoms with Crippen LogP contribution in [0.4, 0.5) is 4.39 Å². The summed E-state index contributed by atoms with van der Waals surface area (Å²) in [7, 11) is 0. The van der Waals surface area contributed by atoms with Gasteiger partial charge in [0.2, 0.25) is 0 Å². The van der Waals surface area contributed by atoms with Crippen LogP contribution in [0.15, 0.2) is 59.1 Å². The molecule has 4 nitrogen and oxygen atoms in total. The van der Waals surface area contributed by atoms with Gasteiger partial charge in [0.15, 0.2) is 0 Å². The highest BCUT2D eigenvalue weighted by Gasteiger charge is 2.23. The van der Waals surface area contributed by atoms with E-state index in [1.807, 2.05) is 24.3 Å². The summed E-state index contributed by atoms with van der Waals surface area (Å²) in [6, 6.07) is 15.4. The van der Waals surface area contributed by atoms with Crippen molar-refractivity contribution in [3.05, 3.63) is 92.4 Å². The Bertz CT molecular complexity index is 1230. The normalized spacial score (nSPS) is 13.3. The molecule has 0 spiro atoms. The second-order valence-electron chi connectivity index (χ2n) is 7.60. The molecule has 1 aliphatic rings. The van der Waals surface area contributed by atoms with Crippen LogP contribution < -0.4 is 4.74 Å². The molecule has 0 saturated carbocycles. The average Bonchev–Trinajstić information content (AvgIpc) is 3.29. The molecule has 0 unspecified atom stereocenters. The molecule has 1 aromatic heterocycles. The van der Waals surface area contributed by atoms with Crippen LogP contribution >= 0.6 is 27.5 Å². The summed E-state index contributed by atoms with van der Waals surface area (Å²) in [5.74, 6) is -0.0566. The molecule has 170 valence electrons. The van der Waals surface area contributed by atoms with Crippen molar-refractivity contribution >= 4 is 44.6 Å². The quantitative estimate of drug-likeness (QED) is 0.297. The van der Waals surface area contributed by atoms with Crippen LogP contribution in [-0.2, 0) is 11.3 Å². The number of benzene rings is 2. The number of aromatic nitrogens is 1. The standard InChI is InChI=1S/C26H22BrClFNO3/c1-2-32-26(31)24-8-4-7-23(30-24)20-6-3-5-19(20)21-13-17(28)10-12-25(21)33-15-16-9-11-18(29)14-22(16)27/h4,7-14H,2-3,5-6,15H2,1H3. The van der Waals surface area contributed by atoms with Gasteiger partial charge in [-0.25, -0.2) is 14.2 Å². The lowest BCUT2D eigenvalue weighted by molar-refractivity contribution is 0.0519. The first-order valence-corrected chi connectivity index (χ1v) is 11.9. The fraction of sp³-hybridized carbons (Fsp3) is 0.231. The zero-order chi connectivity index (χ0) is 23.4. The maximum Gasteiger partial charge on any atom is 0.356 e. The SMILES string of the molecule is CCOC(=O)c1cccc(C2=C(c3cc(Cl)ccc3OCc3ccc(F)cc3Br)CCC2)n1. The molecule has 0 fully saturated rings. The van der Waals surface area contributed by atoms with Crippen molar-refractivity contribution in [3.8, 4) is 5.75 Å². The third-order valence-electron chi connectivity index (χ3n) is 5.43. The van der Waals surface area contributed by atoms with Crippen LogP contribution in [0.5, 0.6) is 5.75 Å². The second-order valence-corrected chi connectivity index (χ2v) is 8.89. The van der Waals surface area contributed by atoms with Gasteiger partial charge in [0.25, 0.3) is 0 Å². The number of rotatable bonds is 7. The Balaban J connectivity index is 1.69. The van der Waals surface area contributed by atoms with E-state index < -0.39 is 5.97 Å². The Morgan fingerprint density at radius 2 is 1.94 bits per heavy atom. The average molecular weight is 531 g/mol. The van der Waals surface area contributed by atoms with Crippen molar-refractivity contribution in [1.82, 2.24) is 4.98 Å². The molecular formula is C26H22BrClFNO3. The van der Waals surface area contributed by atoms with Crippen LogP contribution in [0, 0.1) is 5.82 Å². The Morgan fingerprint density at radius 1 is 1.12 bits per heavy atom. The molecular weight excluding hydrogens is 509 g/mol. The summed E-state index contributed by atoms with van der Waals surface area (Å²) in [6.07, 6.45) is 2.65. The van der Waals surface area contributed by atoms with Gasteiger partial charge >= 0.3 is 5.97 Å². The molecule has 0 amide bonds. The van der Waals surface area contributed by atoms with Crippen LogP contribution in [0.3, 0.4) is 0 Å². The van der Waals surface area contributed by atoms with E-state index >= 15 is 0 Å². The predicted molar refractivity (Wildman–Crippen MR) is 131 cm³/mol. The molecule has 0 saturated heterocycles. The number of esters is 1. The lowest BCUT2D eigenvalue weighted by atomic mass is 9.99. The Hall–Kier alpha value is -2.70. The van der Waals surface area contributed by atoms with Gasteiger partial charge in [-0.1, -0.05) is 39.7 Å². The minimum Gasteiger partial charge on any atom is -0.488 e. The molecule has 1 aliphatic carbocycles. The highest BCUT2D eigenvalue weighted by Crippen LogP contribution is 2.43. The Kier molecular flexibility index (Phi) is 7.46. The summed E-state index contributed by atoms with van der Waals surface area (Å²) in [6.45, 7) is 2.34. The van der Waals surface area contributed by atoms with Crippen molar-refractivity contribution in [2.24, 2.45) is 0 Å². The molecule has 0 aliphatic heterocycles. The molecule has 33 heavy (non-hydrogen) atoms. The van der Waals surface area contributed by atoms with Crippen LogP contribution in [0.2, 0.25) is 5.02 Å². The summed E-state index contributed by atoms with van der Waals surface area (Å²) in [5.41, 5.74) is 4.94. The number of hydrogen-bond acceptors (Lipinski definition) is 4. The van der Waals surface area contributed by atoms with Gasteiger partial charge in [-0.05, 0) is 79.8 Å². The third kappa shape index (κ3) is 5.45. The van der Waals surface area contributed by atoms with Crippen molar-refractivity contribution < 1.29 is 18.7 Å². The summed E-state index contributed by atoms with van der Waals surface area (Å²) in [5, 5.41) is 0.604. The lowest BCUT2D eigenvalue weighted by Gasteiger charge is -2.15. The van der Waals surface area contributed by atoms with E-state index in [-0.39, 0.29) is 18.1 Å². The van der Waals surface area contributed by atoms with Crippen LogP contribution in [0.1, 0.15) is 53.5 Å². The first-order chi connectivity index (χ1) is 16.0.